The average molecular weight is 472 g/mol. The maximum atomic E-state index is 13.6. The number of ether oxygens (including phenoxy) is 4. The molecule has 0 amide bonds. The third-order valence-electron chi connectivity index (χ3n) is 4.71. The van der Waals surface area contributed by atoms with E-state index in [9.17, 15) is 27.6 Å². The van der Waals surface area contributed by atoms with Crippen LogP contribution in [-0.4, -0.2) is 54.4 Å². The van der Waals surface area contributed by atoms with Crippen molar-refractivity contribution in [1.82, 2.24) is 9.13 Å². The van der Waals surface area contributed by atoms with Gasteiger partial charge in [0.1, 0.15) is 31.3 Å². The summed E-state index contributed by atoms with van der Waals surface area (Å²) in [7, 11) is 1.39. The van der Waals surface area contributed by atoms with Gasteiger partial charge in [0.25, 0.3) is 5.56 Å². The zero-order valence-corrected chi connectivity index (χ0v) is 17.2. The van der Waals surface area contributed by atoms with E-state index in [4.69, 9.17) is 29.8 Å². The van der Waals surface area contributed by atoms with Crippen molar-refractivity contribution in [3.63, 3.8) is 0 Å². The van der Waals surface area contributed by atoms with Gasteiger partial charge >= 0.3 is 17.8 Å². The summed E-state index contributed by atoms with van der Waals surface area (Å²) < 4.78 is 67.1. The van der Waals surface area contributed by atoms with E-state index in [0.717, 1.165) is 12.3 Å². The van der Waals surface area contributed by atoms with Gasteiger partial charge in [0, 0.05) is 19.7 Å². The van der Waals surface area contributed by atoms with Gasteiger partial charge in [0.15, 0.2) is 5.76 Å². The lowest BCUT2D eigenvalue weighted by Crippen LogP contribution is -2.47. The molecule has 10 nitrogen and oxygen atoms in total. The van der Waals surface area contributed by atoms with Gasteiger partial charge in [-0.2, -0.15) is 17.7 Å². The Morgan fingerprint density at radius 1 is 1.36 bits per heavy atom. The molecule has 0 saturated carbocycles. The summed E-state index contributed by atoms with van der Waals surface area (Å²) in [5, 5.41) is 0. The molecule has 3 heterocycles. The van der Waals surface area contributed by atoms with Gasteiger partial charge in [0.2, 0.25) is 0 Å². The molecule has 13 heteroatoms. The summed E-state index contributed by atoms with van der Waals surface area (Å²) in [5.74, 6) is 0.418. The average Bonchev–Trinajstić information content (AvgIpc) is 3.42. The van der Waals surface area contributed by atoms with Crippen LogP contribution < -0.4 is 11.2 Å². The number of carbonyl (C=O) groups excluding carboxylic acids is 1. The van der Waals surface area contributed by atoms with Crippen LogP contribution in [-0.2, 0) is 25.1 Å². The Hall–Kier alpha value is -3.18. The third kappa shape index (κ3) is 5.25. The van der Waals surface area contributed by atoms with Crippen LogP contribution in [0.5, 0.6) is 0 Å². The molecule has 0 aromatic carbocycles. The summed E-state index contributed by atoms with van der Waals surface area (Å²) in [6.45, 7) is -0.292. The molecule has 2 aromatic rings. The van der Waals surface area contributed by atoms with Gasteiger partial charge in [-0.15, -0.1) is 6.42 Å². The Bertz CT molecular complexity index is 1130. The predicted octanol–water partition coefficient (Wildman–Crippen LogP) is 1.24. The largest absolute Gasteiger partial charge is 0.459 e. The second-order valence-corrected chi connectivity index (χ2v) is 6.85. The van der Waals surface area contributed by atoms with Gasteiger partial charge in [0.05, 0.1) is 19.0 Å². The second kappa shape index (κ2) is 10.2. The fraction of sp³-hybridized carbons (Fsp3) is 0.450. The summed E-state index contributed by atoms with van der Waals surface area (Å²) in [6.07, 6.45) is -1.55. The van der Waals surface area contributed by atoms with E-state index in [1.165, 1.54) is 13.2 Å². The lowest BCUT2D eigenvalue weighted by atomic mass is 10.2. The van der Waals surface area contributed by atoms with Gasteiger partial charge in [-0.05, 0) is 12.1 Å². The Balaban J connectivity index is 2.05. The molecule has 1 fully saturated rings. The molecule has 0 radical (unpaired) electrons. The van der Waals surface area contributed by atoms with E-state index in [-0.39, 0.29) is 31.0 Å². The fourth-order valence-corrected chi connectivity index (χ4v) is 3.26. The third-order valence-corrected chi connectivity index (χ3v) is 4.71. The van der Waals surface area contributed by atoms with Gasteiger partial charge in [-0.3, -0.25) is 14.2 Å². The van der Waals surface area contributed by atoms with Gasteiger partial charge in [-0.1, -0.05) is 5.92 Å². The van der Waals surface area contributed by atoms with Crippen LogP contribution in [0.3, 0.4) is 0 Å². The first-order valence-corrected chi connectivity index (χ1v) is 9.49. The summed E-state index contributed by atoms with van der Waals surface area (Å²) in [4.78, 5) is 38.0. The number of rotatable bonds is 8. The first kappa shape index (κ1) is 24.5. The number of hydrogen-bond acceptors (Lipinski definition) is 8. The molecule has 3 rings (SSSR count). The molecule has 0 bridgehead atoms. The molecule has 33 heavy (non-hydrogen) atoms. The van der Waals surface area contributed by atoms with Crippen LogP contribution in [0.15, 0.2) is 38.6 Å². The Kier molecular flexibility index (Phi) is 7.54. The predicted molar refractivity (Wildman–Crippen MR) is 103 cm³/mol. The first-order chi connectivity index (χ1) is 15.7. The highest BCUT2D eigenvalue weighted by molar-refractivity contribution is 5.93. The minimum Gasteiger partial charge on any atom is -0.459 e. The second-order valence-electron chi connectivity index (χ2n) is 6.85. The van der Waals surface area contributed by atoms with E-state index in [1.807, 2.05) is 0 Å². The molecule has 0 N–H and O–H groups in total. The normalized spacial score (nSPS) is 20.6. The lowest BCUT2D eigenvalue weighted by Gasteiger charge is -2.19. The van der Waals surface area contributed by atoms with E-state index < -0.39 is 53.1 Å². The number of furan rings is 1. The highest BCUT2D eigenvalue weighted by atomic mass is 19.4. The Morgan fingerprint density at radius 3 is 2.73 bits per heavy atom. The molecular formula is C20H19F3N2O8. The van der Waals surface area contributed by atoms with Crippen LogP contribution in [0.25, 0.3) is 0 Å². The van der Waals surface area contributed by atoms with Crippen LogP contribution in [0.4, 0.5) is 13.2 Å². The van der Waals surface area contributed by atoms with Crippen molar-refractivity contribution in [2.24, 2.45) is 0 Å². The molecule has 178 valence electrons. The minimum atomic E-state index is -5.16. The van der Waals surface area contributed by atoms with Crippen LogP contribution in [0.2, 0.25) is 0 Å². The number of terminal acetylenes is 1. The summed E-state index contributed by atoms with van der Waals surface area (Å²) in [5.41, 5.74) is -4.90. The number of halogens is 3. The molecule has 1 aliphatic rings. The molecule has 2 aromatic heterocycles. The smallest absolute Gasteiger partial charge is 0.423 e. The molecule has 0 unspecified atom stereocenters. The van der Waals surface area contributed by atoms with Crippen molar-refractivity contribution in [2.75, 3.05) is 27.1 Å². The standard InChI is InChI=1S/C20H19F3N2O8/c1-3-6-31-14-8-16(33-15(14)10-30-11-29-2)24-9-12(20(21,22)23)17(26)25(19(24)28)18(27)13-5-4-7-32-13/h1,4-5,7,9,14-16H,6,8,10-11H2,2H3/t14-,15+,16+/m0/s1. The number of nitrogens with zero attached hydrogens (tertiary/aromatic N) is 2. The van der Waals surface area contributed by atoms with Gasteiger partial charge in [-0.25, -0.2) is 4.79 Å². The summed E-state index contributed by atoms with van der Waals surface area (Å²) in [6, 6.07) is 2.39. The highest BCUT2D eigenvalue weighted by Gasteiger charge is 2.42. The Morgan fingerprint density at radius 2 is 2.12 bits per heavy atom. The van der Waals surface area contributed by atoms with E-state index in [1.54, 1.807) is 0 Å². The van der Waals surface area contributed by atoms with E-state index in [0.29, 0.717) is 10.8 Å². The maximum Gasteiger partial charge on any atom is 0.423 e. The van der Waals surface area contributed by atoms with Crippen molar-refractivity contribution in [2.45, 2.75) is 31.0 Å². The SMILES string of the molecule is C#CCO[C@H]1C[C@H](n2cc(C(F)(F)F)c(=O)n(C(=O)c3ccco3)c2=O)O[C@@H]1COCOC. The van der Waals surface area contributed by atoms with E-state index >= 15 is 0 Å². The van der Waals surface area contributed by atoms with Crippen molar-refractivity contribution in [3.8, 4) is 12.3 Å². The van der Waals surface area contributed by atoms with Crippen molar-refractivity contribution in [1.29, 1.82) is 0 Å². The number of alkyl halides is 3. The maximum absolute atomic E-state index is 13.6. The van der Waals surface area contributed by atoms with Crippen LogP contribution >= 0.6 is 0 Å². The highest BCUT2D eigenvalue weighted by Crippen LogP contribution is 2.32. The molecular weight excluding hydrogens is 453 g/mol. The number of hydrogen-bond donors (Lipinski definition) is 0. The van der Waals surface area contributed by atoms with Gasteiger partial charge < -0.3 is 23.4 Å². The number of methoxy groups -OCH3 is 1. The van der Waals surface area contributed by atoms with Crippen LogP contribution in [0.1, 0.15) is 28.8 Å². The topological polar surface area (TPSA) is 111 Å². The number of carbonyl (C=O) groups is 1. The molecule has 1 aliphatic heterocycles. The summed E-state index contributed by atoms with van der Waals surface area (Å²) >= 11 is 0. The van der Waals surface area contributed by atoms with Crippen molar-refractivity contribution in [3.05, 3.63) is 56.8 Å². The quantitative estimate of drug-likeness (QED) is 0.321. The minimum absolute atomic E-state index is 0.0780. The first-order valence-electron chi connectivity index (χ1n) is 9.49. The van der Waals surface area contributed by atoms with Crippen molar-refractivity contribution < 1.29 is 41.3 Å². The van der Waals surface area contributed by atoms with Crippen LogP contribution in [0, 0.1) is 12.3 Å². The molecule has 0 aliphatic carbocycles. The lowest BCUT2D eigenvalue weighted by molar-refractivity contribution is -0.140. The molecule has 1 saturated heterocycles. The van der Waals surface area contributed by atoms with E-state index in [2.05, 4.69) is 5.92 Å². The Labute approximate surface area is 184 Å². The monoisotopic (exact) mass is 472 g/mol. The fourth-order valence-electron chi connectivity index (χ4n) is 3.26. The number of aromatic nitrogens is 2. The van der Waals surface area contributed by atoms with Crippen molar-refractivity contribution >= 4 is 5.91 Å². The zero-order valence-electron chi connectivity index (χ0n) is 17.2. The molecule has 3 atom stereocenters. The molecule has 0 spiro atoms. The zero-order chi connectivity index (χ0) is 24.2.